The number of carbonyl (C=O) groups excluding carboxylic acids is 1. The Balaban J connectivity index is 2.17. The zero-order valence-electron chi connectivity index (χ0n) is 11.5. The minimum Gasteiger partial charge on any atom is -0.294 e. The van der Waals surface area contributed by atoms with E-state index in [0.29, 0.717) is 17.0 Å². The van der Waals surface area contributed by atoms with E-state index in [9.17, 15) is 4.79 Å². The second-order valence-corrected chi connectivity index (χ2v) is 7.87. The molecule has 1 heterocycles. The number of Topliss-reactive ketones (excluding diaryl/α,β-unsaturated/α-hetero) is 1. The van der Waals surface area contributed by atoms with Crippen LogP contribution in [0.4, 0.5) is 0 Å². The zero-order valence-corrected chi connectivity index (χ0v) is 14.7. The summed E-state index contributed by atoms with van der Waals surface area (Å²) in [4.78, 5) is 16.8. The van der Waals surface area contributed by atoms with E-state index in [2.05, 4.69) is 41.7 Å². The normalized spacial score (nSPS) is 11.7. The van der Waals surface area contributed by atoms with Gasteiger partial charge in [0.1, 0.15) is 5.01 Å². The van der Waals surface area contributed by atoms with Crippen LogP contribution in [0.1, 0.15) is 41.8 Å². The third kappa shape index (κ3) is 3.68. The molecule has 0 radical (unpaired) electrons. The van der Waals surface area contributed by atoms with Crippen molar-refractivity contribution in [3.63, 3.8) is 0 Å². The van der Waals surface area contributed by atoms with Crippen LogP contribution in [0.2, 0.25) is 5.02 Å². The van der Waals surface area contributed by atoms with Gasteiger partial charge in [-0.15, -0.1) is 11.3 Å². The molecular weight excluding hydrogens is 358 g/mol. The van der Waals surface area contributed by atoms with Gasteiger partial charge in [0.2, 0.25) is 0 Å². The molecule has 0 atom stereocenters. The van der Waals surface area contributed by atoms with Gasteiger partial charge in [-0.3, -0.25) is 4.79 Å². The van der Waals surface area contributed by atoms with Crippen LogP contribution in [-0.4, -0.2) is 10.8 Å². The lowest BCUT2D eigenvalue weighted by atomic mass is 9.93. The molecule has 0 saturated carbocycles. The van der Waals surface area contributed by atoms with Gasteiger partial charge in [0.05, 0.1) is 17.1 Å². The lowest BCUT2D eigenvalue weighted by molar-refractivity contribution is 0.0993. The van der Waals surface area contributed by atoms with Gasteiger partial charge < -0.3 is 0 Å². The number of aromatic nitrogens is 1. The highest BCUT2D eigenvalue weighted by atomic mass is 79.9. The van der Waals surface area contributed by atoms with Crippen molar-refractivity contribution >= 4 is 44.7 Å². The lowest BCUT2D eigenvalue weighted by Crippen LogP contribution is -2.12. The molecule has 0 amide bonds. The first-order chi connectivity index (χ1) is 9.27. The fourth-order valence-corrected chi connectivity index (χ4v) is 3.48. The van der Waals surface area contributed by atoms with E-state index < -0.39 is 0 Å². The van der Waals surface area contributed by atoms with E-state index in [1.807, 2.05) is 11.4 Å². The van der Waals surface area contributed by atoms with Crippen LogP contribution in [0.25, 0.3) is 0 Å². The zero-order chi connectivity index (χ0) is 14.9. The van der Waals surface area contributed by atoms with E-state index in [1.165, 1.54) is 11.3 Å². The van der Waals surface area contributed by atoms with Crippen LogP contribution in [0.3, 0.4) is 0 Å². The molecule has 0 fully saturated rings. The number of benzene rings is 1. The van der Waals surface area contributed by atoms with E-state index in [1.54, 1.807) is 12.1 Å². The fraction of sp³-hybridized carbons (Fsp3) is 0.333. The van der Waals surface area contributed by atoms with Gasteiger partial charge in [-0.1, -0.05) is 48.3 Å². The van der Waals surface area contributed by atoms with Crippen molar-refractivity contribution in [2.45, 2.75) is 32.6 Å². The van der Waals surface area contributed by atoms with Crippen molar-refractivity contribution in [3.05, 3.63) is 49.3 Å². The topological polar surface area (TPSA) is 30.0 Å². The maximum atomic E-state index is 12.3. The van der Waals surface area contributed by atoms with Crippen molar-refractivity contribution in [2.75, 3.05) is 0 Å². The molecule has 0 aliphatic rings. The number of rotatable bonds is 3. The SMILES string of the molecule is CC(C)(C)c1csc(CC(=O)c2ccc(Br)cc2Cl)n1. The number of thiazole rings is 1. The van der Waals surface area contributed by atoms with Crippen molar-refractivity contribution in [1.82, 2.24) is 4.98 Å². The Hall–Kier alpha value is -0.710. The Kier molecular flexibility index (Phi) is 4.67. The first-order valence-electron chi connectivity index (χ1n) is 6.20. The van der Waals surface area contributed by atoms with Crippen molar-refractivity contribution in [1.29, 1.82) is 0 Å². The Labute approximate surface area is 136 Å². The monoisotopic (exact) mass is 371 g/mol. The first kappa shape index (κ1) is 15.7. The average molecular weight is 373 g/mol. The Morgan fingerprint density at radius 2 is 2.10 bits per heavy atom. The van der Waals surface area contributed by atoms with Gasteiger partial charge in [-0.05, 0) is 18.2 Å². The molecule has 0 N–H and O–H groups in total. The summed E-state index contributed by atoms with van der Waals surface area (Å²) < 4.78 is 0.864. The fourth-order valence-electron chi connectivity index (χ4n) is 1.68. The maximum absolute atomic E-state index is 12.3. The molecule has 1 aromatic heterocycles. The Bertz CT molecular complexity index is 646. The molecule has 0 saturated heterocycles. The van der Waals surface area contributed by atoms with Gasteiger partial charge in [-0.2, -0.15) is 0 Å². The van der Waals surface area contributed by atoms with Crippen LogP contribution >= 0.6 is 38.9 Å². The van der Waals surface area contributed by atoms with Crippen LogP contribution in [0, 0.1) is 0 Å². The smallest absolute Gasteiger partial charge is 0.171 e. The summed E-state index contributed by atoms with van der Waals surface area (Å²) in [6, 6.07) is 5.30. The third-order valence-corrected chi connectivity index (χ3v) is 4.52. The van der Waals surface area contributed by atoms with E-state index in [-0.39, 0.29) is 11.2 Å². The highest BCUT2D eigenvalue weighted by Crippen LogP contribution is 2.26. The predicted molar refractivity (Wildman–Crippen MR) is 88.0 cm³/mol. The quantitative estimate of drug-likeness (QED) is 0.686. The summed E-state index contributed by atoms with van der Waals surface area (Å²) in [5.41, 5.74) is 1.57. The van der Waals surface area contributed by atoms with E-state index in [0.717, 1.165) is 15.2 Å². The number of hydrogen-bond donors (Lipinski definition) is 0. The summed E-state index contributed by atoms with van der Waals surface area (Å²) in [7, 11) is 0. The molecule has 0 aliphatic carbocycles. The summed E-state index contributed by atoms with van der Waals surface area (Å²) in [6.07, 6.45) is 0.294. The third-order valence-electron chi connectivity index (χ3n) is 2.86. The molecule has 2 rings (SSSR count). The minimum absolute atomic E-state index is 0.00249. The molecule has 5 heteroatoms. The minimum atomic E-state index is -0.00249. The van der Waals surface area contributed by atoms with Crippen LogP contribution in [-0.2, 0) is 11.8 Å². The molecule has 1 aromatic carbocycles. The second-order valence-electron chi connectivity index (χ2n) is 5.60. The molecule has 0 unspecified atom stereocenters. The van der Waals surface area contributed by atoms with Gasteiger partial charge >= 0.3 is 0 Å². The Morgan fingerprint density at radius 3 is 2.65 bits per heavy atom. The number of ketones is 1. The molecular formula is C15H15BrClNOS. The number of hydrogen-bond acceptors (Lipinski definition) is 3. The number of nitrogens with zero attached hydrogens (tertiary/aromatic N) is 1. The van der Waals surface area contributed by atoms with E-state index in [4.69, 9.17) is 11.6 Å². The predicted octanol–water partition coefficient (Wildman–Crippen LogP) is 5.28. The van der Waals surface area contributed by atoms with Crippen LogP contribution in [0.15, 0.2) is 28.1 Å². The van der Waals surface area contributed by atoms with Gasteiger partial charge in [0.25, 0.3) is 0 Å². The highest BCUT2D eigenvalue weighted by molar-refractivity contribution is 9.10. The van der Waals surface area contributed by atoms with Crippen molar-refractivity contribution < 1.29 is 4.79 Å². The summed E-state index contributed by atoms with van der Waals surface area (Å²) in [5, 5.41) is 3.32. The molecule has 2 aromatic rings. The van der Waals surface area contributed by atoms with Gasteiger partial charge in [-0.25, -0.2) is 4.98 Å². The van der Waals surface area contributed by atoms with Gasteiger partial charge in [0.15, 0.2) is 5.78 Å². The van der Waals surface area contributed by atoms with Crippen molar-refractivity contribution in [2.24, 2.45) is 0 Å². The largest absolute Gasteiger partial charge is 0.294 e. The van der Waals surface area contributed by atoms with Crippen LogP contribution in [0.5, 0.6) is 0 Å². The molecule has 0 spiro atoms. The van der Waals surface area contributed by atoms with Crippen molar-refractivity contribution in [3.8, 4) is 0 Å². The van der Waals surface area contributed by atoms with Crippen LogP contribution < -0.4 is 0 Å². The lowest BCUT2D eigenvalue weighted by Gasteiger charge is -2.14. The second kappa shape index (κ2) is 5.96. The van der Waals surface area contributed by atoms with E-state index >= 15 is 0 Å². The standard InChI is InChI=1S/C15H15BrClNOS/c1-15(2,3)13-8-20-14(18-13)7-12(19)10-5-4-9(16)6-11(10)17/h4-6,8H,7H2,1-3H3. The molecule has 0 bridgehead atoms. The first-order valence-corrected chi connectivity index (χ1v) is 8.25. The summed E-state index contributed by atoms with van der Waals surface area (Å²) >= 11 is 11.0. The number of carbonyl (C=O) groups is 1. The number of halogens is 2. The molecule has 20 heavy (non-hydrogen) atoms. The van der Waals surface area contributed by atoms with Gasteiger partial charge in [0, 0.05) is 20.8 Å². The molecule has 106 valence electrons. The average Bonchev–Trinajstić information content (AvgIpc) is 2.76. The molecule has 0 aliphatic heterocycles. The molecule has 2 nitrogen and oxygen atoms in total. The summed E-state index contributed by atoms with van der Waals surface area (Å²) in [6.45, 7) is 6.33. The Morgan fingerprint density at radius 1 is 1.40 bits per heavy atom. The maximum Gasteiger partial charge on any atom is 0.171 e. The highest BCUT2D eigenvalue weighted by Gasteiger charge is 2.19. The summed E-state index contributed by atoms with van der Waals surface area (Å²) in [5.74, 6) is -0.00249.